The minimum Gasteiger partial charge on any atom is -0.360 e. The van der Waals surface area contributed by atoms with Crippen molar-refractivity contribution in [1.82, 2.24) is 15.0 Å². The van der Waals surface area contributed by atoms with Crippen molar-refractivity contribution in [3.63, 3.8) is 0 Å². The fourth-order valence-corrected chi connectivity index (χ4v) is 4.49. The molecule has 158 valence electrons. The molecule has 3 aromatic rings. The van der Waals surface area contributed by atoms with Crippen molar-refractivity contribution in [2.75, 3.05) is 0 Å². The summed E-state index contributed by atoms with van der Waals surface area (Å²) in [5.74, 6) is -0.485. The highest BCUT2D eigenvalue weighted by Crippen LogP contribution is 2.23. The van der Waals surface area contributed by atoms with Gasteiger partial charge in [-0.1, -0.05) is 24.3 Å². The molecule has 0 spiro atoms. The maximum absolute atomic E-state index is 12.5. The molecule has 0 fully saturated rings. The largest absolute Gasteiger partial charge is 0.360 e. The van der Waals surface area contributed by atoms with Crippen molar-refractivity contribution in [2.24, 2.45) is 0 Å². The van der Waals surface area contributed by atoms with Crippen LogP contribution in [0.5, 0.6) is 0 Å². The summed E-state index contributed by atoms with van der Waals surface area (Å²) in [5.41, 5.74) is 2.30. The van der Waals surface area contributed by atoms with E-state index < -0.39 is 14.9 Å². The normalized spacial score (nSPS) is 11.7. The Labute approximate surface area is 173 Å². The number of nitrogens with one attached hydrogen (secondary N) is 3. The Morgan fingerprint density at radius 1 is 1.13 bits per heavy atom. The first-order chi connectivity index (χ1) is 14.1. The Bertz CT molecular complexity index is 1180. The Kier molecular flexibility index (Phi) is 6.18. The molecule has 0 atom stereocenters. The number of non-ortho nitro benzene ring substituents is 1. The second-order valence-electron chi connectivity index (χ2n) is 7.22. The van der Waals surface area contributed by atoms with Crippen LogP contribution in [0.4, 0.5) is 5.69 Å². The Balaban J connectivity index is 1.66. The molecule has 0 saturated heterocycles. The van der Waals surface area contributed by atoms with Crippen LogP contribution in [0.1, 0.15) is 35.3 Å². The highest BCUT2D eigenvalue weighted by molar-refractivity contribution is 7.88. The lowest BCUT2D eigenvalue weighted by Crippen LogP contribution is -2.31. The molecule has 0 saturated carbocycles. The summed E-state index contributed by atoms with van der Waals surface area (Å²) >= 11 is 0. The zero-order valence-corrected chi connectivity index (χ0v) is 17.3. The maximum atomic E-state index is 12.5. The van der Waals surface area contributed by atoms with Crippen LogP contribution in [0, 0.1) is 10.1 Å². The van der Waals surface area contributed by atoms with Gasteiger partial charge in [0.2, 0.25) is 10.0 Å². The number of hydrogen-bond donors (Lipinski definition) is 3. The van der Waals surface area contributed by atoms with Crippen molar-refractivity contribution in [3.8, 4) is 0 Å². The van der Waals surface area contributed by atoms with Crippen molar-refractivity contribution in [1.29, 1.82) is 0 Å². The second kappa shape index (κ2) is 8.64. The number of benzene rings is 2. The number of fused-ring (bicyclic) bond motifs is 1. The number of sulfonamides is 1. The summed E-state index contributed by atoms with van der Waals surface area (Å²) in [4.78, 5) is 25.9. The van der Waals surface area contributed by atoms with Crippen LogP contribution in [-0.2, 0) is 22.3 Å². The average Bonchev–Trinajstić information content (AvgIpc) is 3.09. The minimum absolute atomic E-state index is 0.0892. The molecular formula is C20H22N4O5S. The van der Waals surface area contributed by atoms with E-state index in [1.165, 1.54) is 18.3 Å². The third kappa shape index (κ3) is 5.22. The van der Waals surface area contributed by atoms with Gasteiger partial charge in [0.1, 0.15) is 0 Å². The standard InChI is InChI=1S/C20H22N4O5S/c1-13(2)23-30(28,29)12-15-5-3-14(4-6-15)10-22-20(25)18-11-21-19-8-7-16(24(26)27)9-17(18)19/h3-9,11,13,21,23H,10,12H2,1-2H3,(H,22,25). The second-order valence-corrected chi connectivity index (χ2v) is 8.97. The zero-order valence-electron chi connectivity index (χ0n) is 16.5. The third-order valence-electron chi connectivity index (χ3n) is 4.37. The molecule has 0 bridgehead atoms. The summed E-state index contributed by atoms with van der Waals surface area (Å²) in [6.45, 7) is 3.75. The predicted molar refractivity (Wildman–Crippen MR) is 113 cm³/mol. The number of H-pyrrole nitrogens is 1. The number of amides is 1. The van der Waals surface area contributed by atoms with Gasteiger partial charge in [0.05, 0.1) is 16.2 Å². The molecular weight excluding hydrogens is 408 g/mol. The fourth-order valence-electron chi connectivity index (χ4n) is 3.06. The number of carbonyl (C=O) groups is 1. The fraction of sp³-hybridized carbons (Fsp3) is 0.250. The van der Waals surface area contributed by atoms with E-state index >= 15 is 0 Å². The number of nitrogens with zero attached hydrogens (tertiary/aromatic N) is 1. The van der Waals surface area contributed by atoms with Gasteiger partial charge in [-0.2, -0.15) is 0 Å². The maximum Gasteiger partial charge on any atom is 0.270 e. The molecule has 3 rings (SSSR count). The molecule has 0 aliphatic heterocycles. The quantitative estimate of drug-likeness (QED) is 0.373. The first-order valence-electron chi connectivity index (χ1n) is 9.26. The molecule has 9 nitrogen and oxygen atoms in total. The molecule has 10 heteroatoms. The van der Waals surface area contributed by atoms with Crippen molar-refractivity contribution < 1.29 is 18.1 Å². The van der Waals surface area contributed by atoms with E-state index in [9.17, 15) is 23.3 Å². The summed E-state index contributed by atoms with van der Waals surface area (Å²) < 4.78 is 26.5. The minimum atomic E-state index is -3.40. The van der Waals surface area contributed by atoms with Crippen LogP contribution in [0.3, 0.4) is 0 Å². The van der Waals surface area contributed by atoms with Crippen LogP contribution in [0.2, 0.25) is 0 Å². The van der Waals surface area contributed by atoms with Crippen LogP contribution >= 0.6 is 0 Å². The van der Waals surface area contributed by atoms with Gasteiger partial charge in [-0.05, 0) is 31.0 Å². The van der Waals surface area contributed by atoms with Gasteiger partial charge < -0.3 is 10.3 Å². The first-order valence-corrected chi connectivity index (χ1v) is 10.9. The molecule has 0 aliphatic carbocycles. The molecule has 1 aromatic heterocycles. The summed E-state index contributed by atoms with van der Waals surface area (Å²) in [6, 6.07) is 11.0. The van der Waals surface area contributed by atoms with E-state index in [-0.39, 0.29) is 29.9 Å². The van der Waals surface area contributed by atoms with Gasteiger partial charge in [0.15, 0.2) is 0 Å². The number of rotatable bonds is 8. The summed E-state index contributed by atoms with van der Waals surface area (Å²) in [6.07, 6.45) is 1.51. The summed E-state index contributed by atoms with van der Waals surface area (Å²) in [7, 11) is -3.40. The molecule has 30 heavy (non-hydrogen) atoms. The molecule has 0 radical (unpaired) electrons. The van der Waals surface area contributed by atoms with E-state index in [2.05, 4.69) is 15.0 Å². The highest BCUT2D eigenvalue weighted by atomic mass is 32.2. The van der Waals surface area contributed by atoms with Crippen LogP contribution < -0.4 is 10.0 Å². The van der Waals surface area contributed by atoms with E-state index in [1.54, 1.807) is 44.2 Å². The zero-order chi connectivity index (χ0) is 21.9. The summed E-state index contributed by atoms with van der Waals surface area (Å²) in [5, 5.41) is 14.2. The van der Waals surface area contributed by atoms with Crippen LogP contribution in [0.25, 0.3) is 10.9 Å². The Morgan fingerprint density at radius 3 is 2.43 bits per heavy atom. The number of aromatic amines is 1. The number of nitro groups is 1. The number of aromatic nitrogens is 1. The number of hydrogen-bond acceptors (Lipinski definition) is 5. The van der Waals surface area contributed by atoms with Crippen molar-refractivity contribution in [2.45, 2.75) is 32.2 Å². The van der Waals surface area contributed by atoms with Gasteiger partial charge in [-0.25, -0.2) is 13.1 Å². The Hall–Kier alpha value is -3.24. The lowest BCUT2D eigenvalue weighted by atomic mass is 10.1. The number of carbonyl (C=O) groups excluding carboxylic acids is 1. The smallest absolute Gasteiger partial charge is 0.270 e. The lowest BCUT2D eigenvalue weighted by molar-refractivity contribution is -0.384. The molecule has 0 aliphatic rings. The highest BCUT2D eigenvalue weighted by Gasteiger charge is 2.16. The molecule has 0 unspecified atom stereocenters. The van der Waals surface area contributed by atoms with Crippen molar-refractivity contribution >= 4 is 32.5 Å². The molecule has 2 aromatic carbocycles. The predicted octanol–water partition coefficient (Wildman–Crippen LogP) is 2.83. The van der Waals surface area contributed by atoms with Crippen molar-refractivity contribution in [3.05, 3.63) is 75.5 Å². The SMILES string of the molecule is CC(C)NS(=O)(=O)Cc1ccc(CNC(=O)c2c[nH]c3ccc([N+](=O)[O-])cc23)cc1. The average molecular weight is 430 g/mol. The monoisotopic (exact) mass is 430 g/mol. The van der Waals surface area contributed by atoms with Gasteiger partial charge >= 0.3 is 0 Å². The van der Waals surface area contributed by atoms with Gasteiger partial charge in [0, 0.05) is 41.8 Å². The van der Waals surface area contributed by atoms with Crippen LogP contribution in [0.15, 0.2) is 48.7 Å². The van der Waals surface area contributed by atoms with E-state index in [0.717, 1.165) is 5.56 Å². The molecule has 1 amide bonds. The molecule has 1 heterocycles. The Morgan fingerprint density at radius 2 is 1.80 bits per heavy atom. The van der Waals surface area contributed by atoms with Gasteiger partial charge in [-0.15, -0.1) is 0 Å². The van der Waals surface area contributed by atoms with Gasteiger partial charge in [0.25, 0.3) is 11.6 Å². The van der Waals surface area contributed by atoms with E-state index in [0.29, 0.717) is 22.0 Å². The number of nitro benzene ring substituents is 1. The third-order valence-corrected chi connectivity index (χ3v) is 5.91. The van der Waals surface area contributed by atoms with Crippen LogP contribution in [-0.4, -0.2) is 30.3 Å². The van der Waals surface area contributed by atoms with E-state index in [1.807, 2.05) is 0 Å². The lowest BCUT2D eigenvalue weighted by Gasteiger charge is -2.10. The topological polar surface area (TPSA) is 134 Å². The molecule has 3 N–H and O–H groups in total. The first kappa shape index (κ1) is 21.5. The van der Waals surface area contributed by atoms with Gasteiger partial charge in [-0.3, -0.25) is 14.9 Å². The van der Waals surface area contributed by atoms with E-state index in [4.69, 9.17) is 0 Å².